The fraction of sp³-hybridized carbons (Fsp3) is 0.533. The highest BCUT2D eigenvalue weighted by Crippen LogP contribution is 2.40. The Bertz CT molecular complexity index is 694. The number of carboxylic acid groups (broad SMARTS) is 1. The molecule has 0 fully saturated rings. The van der Waals surface area contributed by atoms with E-state index in [0.29, 0.717) is 5.75 Å². The second-order valence-corrected chi connectivity index (χ2v) is 8.10. The number of fused-ring (bicyclic) bond motifs is 3. The summed E-state index contributed by atoms with van der Waals surface area (Å²) in [5.74, 6) is -0.258. The zero-order valence-corrected chi connectivity index (χ0v) is 13.8. The van der Waals surface area contributed by atoms with Crippen molar-refractivity contribution in [3.63, 3.8) is 0 Å². The summed E-state index contributed by atoms with van der Waals surface area (Å²) >= 11 is 3.31. The van der Waals surface area contributed by atoms with Gasteiger partial charge in [0, 0.05) is 16.0 Å². The van der Waals surface area contributed by atoms with Crippen molar-refractivity contribution in [2.75, 3.05) is 5.75 Å². The van der Waals surface area contributed by atoms with Gasteiger partial charge in [-0.2, -0.15) is 0 Å². The van der Waals surface area contributed by atoms with Crippen LogP contribution in [0.2, 0.25) is 0 Å². The Morgan fingerprint density at radius 3 is 2.90 bits per heavy atom. The van der Waals surface area contributed by atoms with Crippen LogP contribution in [0.1, 0.15) is 37.1 Å². The number of aromatic nitrogens is 2. The molecular weight excluding hydrogens is 304 g/mol. The van der Waals surface area contributed by atoms with E-state index in [9.17, 15) is 9.90 Å². The van der Waals surface area contributed by atoms with E-state index in [4.69, 9.17) is 0 Å². The van der Waals surface area contributed by atoms with E-state index in [-0.39, 0.29) is 0 Å². The van der Waals surface area contributed by atoms with Crippen LogP contribution in [-0.4, -0.2) is 26.8 Å². The summed E-state index contributed by atoms with van der Waals surface area (Å²) in [6.45, 7) is 3.51. The van der Waals surface area contributed by atoms with Gasteiger partial charge in [0.15, 0.2) is 0 Å². The molecule has 0 bridgehead atoms. The van der Waals surface area contributed by atoms with Crippen molar-refractivity contribution in [2.24, 2.45) is 5.41 Å². The van der Waals surface area contributed by atoms with Gasteiger partial charge in [-0.1, -0.05) is 0 Å². The number of carbonyl (C=O) groups is 1. The largest absolute Gasteiger partial charge is 0.481 e. The Hall–Kier alpha value is -1.14. The molecule has 1 aliphatic rings. The molecule has 3 rings (SSSR count). The molecule has 0 aromatic carbocycles. The lowest BCUT2D eigenvalue weighted by Crippen LogP contribution is -2.26. The van der Waals surface area contributed by atoms with E-state index in [1.165, 1.54) is 40.4 Å². The quantitative estimate of drug-likeness (QED) is 0.685. The third-order valence-corrected chi connectivity index (χ3v) is 6.51. The number of rotatable bonds is 4. The predicted octanol–water partition coefficient (Wildman–Crippen LogP) is 3.77. The summed E-state index contributed by atoms with van der Waals surface area (Å²) in [7, 11) is 0. The lowest BCUT2D eigenvalue weighted by atomic mass is 9.97. The number of hydrogen-bond donors (Lipinski definition) is 1. The van der Waals surface area contributed by atoms with E-state index in [0.717, 1.165) is 22.7 Å². The van der Waals surface area contributed by atoms with Gasteiger partial charge in [0.25, 0.3) is 0 Å². The molecule has 0 aliphatic heterocycles. The summed E-state index contributed by atoms with van der Waals surface area (Å²) in [5.41, 5.74) is 0.648. The lowest BCUT2D eigenvalue weighted by Gasteiger charge is -2.18. The fourth-order valence-electron chi connectivity index (χ4n) is 2.48. The van der Waals surface area contributed by atoms with Crippen molar-refractivity contribution >= 4 is 39.3 Å². The summed E-state index contributed by atoms with van der Waals surface area (Å²) in [6, 6.07) is 0. The van der Waals surface area contributed by atoms with Gasteiger partial charge in [-0.15, -0.1) is 23.1 Å². The van der Waals surface area contributed by atoms with Gasteiger partial charge in [0.2, 0.25) is 0 Å². The fourth-order valence-corrected chi connectivity index (χ4v) is 4.88. The highest BCUT2D eigenvalue weighted by atomic mass is 32.2. The maximum atomic E-state index is 11.2. The van der Waals surface area contributed by atoms with Crippen molar-refractivity contribution in [2.45, 2.75) is 44.6 Å². The molecular formula is C15H18N2O2S2. The minimum Gasteiger partial charge on any atom is -0.481 e. The van der Waals surface area contributed by atoms with Gasteiger partial charge in [0.1, 0.15) is 16.2 Å². The smallest absolute Gasteiger partial charge is 0.309 e. The van der Waals surface area contributed by atoms with Crippen LogP contribution in [0.3, 0.4) is 0 Å². The number of thioether (sulfide) groups is 1. The topological polar surface area (TPSA) is 63.1 Å². The lowest BCUT2D eigenvalue weighted by molar-refractivity contribution is -0.145. The van der Waals surface area contributed by atoms with Crippen molar-refractivity contribution in [3.8, 4) is 0 Å². The second-order valence-electron chi connectivity index (χ2n) is 6.05. The van der Waals surface area contributed by atoms with Gasteiger partial charge < -0.3 is 5.11 Å². The average Bonchev–Trinajstić information content (AvgIpc) is 2.84. The van der Waals surface area contributed by atoms with Gasteiger partial charge in [0.05, 0.1) is 5.41 Å². The first-order chi connectivity index (χ1) is 9.99. The van der Waals surface area contributed by atoms with Gasteiger partial charge in [-0.3, -0.25) is 4.79 Å². The molecule has 0 saturated carbocycles. The van der Waals surface area contributed by atoms with Crippen LogP contribution >= 0.6 is 23.1 Å². The normalized spacial score (nSPS) is 15.1. The van der Waals surface area contributed by atoms with E-state index in [1.54, 1.807) is 31.5 Å². The molecule has 0 saturated heterocycles. The molecule has 1 aliphatic carbocycles. The van der Waals surface area contributed by atoms with Crippen LogP contribution in [-0.2, 0) is 17.6 Å². The Kier molecular flexibility index (Phi) is 3.92. The maximum absolute atomic E-state index is 11.2. The number of thiophene rings is 1. The molecule has 1 N–H and O–H groups in total. The highest BCUT2D eigenvalue weighted by molar-refractivity contribution is 7.99. The zero-order valence-electron chi connectivity index (χ0n) is 12.2. The summed E-state index contributed by atoms with van der Waals surface area (Å²) in [5, 5.41) is 11.3. The molecule has 0 radical (unpaired) electrons. The first-order valence-corrected chi connectivity index (χ1v) is 8.91. The number of carboxylic acids is 1. The van der Waals surface area contributed by atoms with Crippen LogP contribution in [0, 0.1) is 5.41 Å². The molecule has 4 nitrogen and oxygen atoms in total. The minimum atomic E-state index is -0.771. The molecule has 0 unspecified atom stereocenters. The number of hydrogen-bond acceptors (Lipinski definition) is 5. The molecule has 0 atom stereocenters. The standard InChI is InChI=1S/C15H18N2O2S2/c1-15(2,14(18)19)7-20-12-11-9-5-3-4-6-10(9)21-13(11)17-8-16-12/h8H,3-7H2,1-2H3,(H,18,19). The van der Waals surface area contributed by atoms with Crippen molar-refractivity contribution < 1.29 is 9.90 Å². The van der Waals surface area contributed by atoms with Crippen LogP contribution in [0.25, 0.3) is 10.2 Å². The molecule has 0 spiro atoms. The monoisotopic (exact) mass is 322 g/mol. The predicted molar refractivity (Wildman–Crippen MR) is 86.2 cm³/mol. The first kappa shape index (κ1) is 14.8. The molecule has 2 aromatic rings. The van der Waals surface area contributed by atoms with E-state index < -0.39 is 11.4 Å². The van der Waals surface area contributed by atoms with Crippen LogP contribution in [0.4, 0.5) is 0 Å². The van der Waals surface area contributed by atoms with Gasteiger partial charge in [-0.25, -0.2) is 9.97 Å². The Morgan fingerprint density at radius 2 is 2.14 bits per heavy atom. The minimum absolute atomic E-state index is 0.513. The number of nitrogens with zero attached hydrogens (tertiary/aromatic N) is 2. The van der Waals surface area contributed by atoms with Gasteiger partial charge >= 0.3 is 5.97 Å². The Morgan fingerprint density at radius 1 is 1.38 bits per heavy atom. The molecule has 112 valence electrons. The third-order valence-electron chi connectivity index (χ3n) is 3.87. The van der Waals surface area contributed by atoms with E-state index in [1.807, 2.05) is 0 Å². The Labute approximate surface area is 132 Å². The molecule has 2 heterocycles. The van der Waals surface area contributed by atoms with Crippen molar-refractivity contribution in [1.82, 2.24) is 9.97 Å². The molecule has 21 heavy (non-hydrogen) atoms. The Balaban J connectivity index is 1.95. The van der Waals surface area contributed by atoms with Crippen LogP contribution in [0.15, 0.2) is 11.4 Å². The number of aryl methyl sites for hydroxylation is 2. The average molecular weight is 322 g/mol. The van der Waals surface area contributed by atoms with E-state index >= 15 is 0 Å². The SMILES string of the molecule is CC(C)(CSc1ncnc2sc3c(c12)CCCC3)C(=O)O. The maximum Gasteiger partial charge on any atom is 0.309 e. The zero-order chi connectivity index (χ0) is 15.0. The summed E-state index contributed by atoms with van der Waals surface area (Å²) < 4.78 is 0. The second kappa shape index (κ2) is 5.57. The highest BCUT2D eigenvalue weighted by Gasteiger charge is 2.28. The van der Waals surface area contributed by atoms with E-state index in [2.05, 4.69) is 9.97 Å². The molecule has 2 aromatic heterocycles. The summed E-state index contributed by atoms with van der Waals surface area (Å²) in [6.07, 6.45) is 6.31. The van der Waals surface area contributed by atoms with Crippen LogP contribution < -0.4 is 0 Å². The number of aliphatic carboxylic acids is 1. The van der Waals surface area contributed by atoms with Crippen LogP contribution in [0.5, 0.6) is 0 Å². The molecule has 6 heteroatoms. The van der Waals surface area contributed by atoms with Gasteiger partial charge in [-0.05, 0) is 45.1 Å². The van der Waals surface area contributed by atoms with Crippen molar-refractivity contribution in [3.05, 3.63) is 16.8 Å². The molecule has 0 amide bonds. The third kappa shape index (κ3) is 2.79. The van der Waals surface area contributed by atoms with Crippen molar-refractivity contribution in [1.29, 1.82) is 0 Å². The first-order valence-electron chi connectivity index (χ1n) is 7.10. The summed E-state index contributed by atoms with van der Waals surface area (Å²) in [4.78, 5) is 22.6.